The Labute approximate surface area is 177 Å². The van der Waals surface area contributed by atoms with Crippen molar-refractivity contribution >= 4 is 28.3 Å². The van der Waals surface area contributed by atoms with Crippen LogP contribution < -0.4 is 5.32 Å². The van der Waals surface area contributed by atoms with Gasteiger partial charge in [0.05, 0.1) is 10.6 Å². The number of anilines is 1. The summed E-state index contributed by atoms with van der Waals surface area (Å²) in [6, 6.07) is 9.93. The molecule has 2 amide bonds. The predicted molar refractivity (Wildman–Crippen MR) is 113 cm³/mol. The highest BCUT2D eigenvalue weighted by Gasteiger charge is 2.27. The molecule has 0 aliphatic carbocycles. The van der Waals surface area contributed by atoms with Gasteiger partial charge in [0.25, 0.3) is 5.91 Å². The Kier molecular flexibility index (Phi) is 5.67. The molecule has 4 rings (SSSR count). The zero-order valence-electron chi connectivity index (χ0n) is 16.8. The summed E-state index contributed by atoms with van der Waals surface area (Å²) in [5, 5.41) is 3.17. The van der Waals surface area contributed by atoms with Crippen LogP contribution in [0.4, 0.5) is 9.52 Å². The van der Waals surface area contributed by atoms with E-state index in [1.165, 1.54) is 30.4 Å². The van der Waals surface area contributed by atoms with Crippen LogP contribution >= 0.6 is 11.3 Å². The average molecular weight is 428 g/mol. The van der Waals surface area contributed by atoms with E-state index in [9.17, 15) is 14.0 Å². The maximum Gasteiger partial charge on any atom is 0.289 e. The molecular formula is C22H22FN3O3S. The topological polar surface area (TPSA) is 75.4 Å². The summed E-state index contributed by atoms with van der Waals surface area (Å²) in [6.45, 7) is 4.50. The predicted octanol–water partition coefficient (Wildman–Crippen LogP) is 4.83. The standard InChI is InChI=1S/C22H22FN3O3S/c1-13-20(30-22(24-13)25-14(2)27)18-9-10-19(29-18)21(28)26-11-3-4-16(12-26)15-5-7-17(23)8-6-15/h5-10,16H,3-4,11-12H2,1-2H3,(H,24,25,27). The first-order valence-electron chi connectivity index (χ1n) is 9.80. The summed E-state index contributed by atoms with van der Waals surface area (Å²) in [5.74, 6) is 0.409. The number of hydrogen-bond acceptors (Lipinski definition) is 5. The van der Waals surface area contributed by atoms with Crippen molar-refractivity contribution in [3.05, 3.63) is 59.2 Å². The van der Waals surface area contributed by atoms with Gasteiger partial charge in [0.15, 0.2) is 10.9 Å². The fourth-order valence-electron chi connectivity index (χ4n) is 3.73. The van der Waals surface area contributed by atoms with E-state index < -0.39 is 0 Å². The number of aromatic nitrogens is 1. The number of aryl methyl sites for hydroxylation is 1. The molecule has 1 saturated heterocycles. The molecule has 6 nitrogen and oxygen atoms in total. The van der Waals surface area contributed by atoms with Gasteiger partial charge in [-0.2, -0.15) is 0 Å². The molecule has 156 valence electrons. The van der Waals surface area contributed by atoms with E-state index in [0.29, 0.717) is 24.0 Å². The Morgan fingerprint density at radius 1 is 1.23 bits per heavy atom. The zero-order chi connectivity index (χ0) is 21.3. The Hall–Kier alpha value is -3.00. The highest BCUT2D eigenvalue weighted by Crippen LogP contribution is 2.34. The van der Waals surface area contributed by atoms with E-state index in [1.54, 1.807) is 29.2 Å². The number of amides is 2. The smallest absolute Gasteiger partial charge is 0.289 e. The summed E-state index contributed by atoms with van der Waals surface area (Å²) in [5.41, 5.74) is 1.77. The van der Waals surface area contributed by atoms with Crippen LogP contribution in [0.15, 0.2) is 40.8 Å². The summed E-state index contributed by atoms with van der Waals surface area (Å²) in [4.78, 5) is 31.2. The van der Waals surface area contributed by atoms with Gasteiger partial charge >= 0.3 is 0 Å². The summed E-state index contributed by atoms with van der Waals surface area (Å²) in [7, 11) is 0. The molecule has 30 heavy (non-hydrogen) atoms. The molecule has 1 aromatic carbocycles. The van der Waals surface area contributed by atoms with Crippen LogP contribution in [0.3, 0.4) is 0 Å². The van der Waals surface area contributed by atoms with E-state index in [4.69, 9.17) is 4.42 Å². The second-order valence-electron chi connectivity index (χ2n) is 7.42. The summed E-state index contributed by atoms with van der Waals surface area (Å²) in [6.07, 6.45) is 1.85. The molecule has 0 saturated carbocycles. The lowest BCUT2D eigenvalue weighted by molar-refractivity contribution is -0.114. The van der Waals surface area contributed by atoms with Gasteiger partial charge < -0.3 is 14.6 Å². The highest BCUT2D eigenvalue weighted by atomic mass is 32.1. The number of likely N-dealkylation sites (tertiary alicyclic amines) is 1. The fourth-order valence-corrected chi connectivity index (χ4v) is 4.70. The van der Waals surface area contributed by atoms with Crippen molar-refractivity contribution in [2.24, 2.45) is 0 Å². The SMILES string of the molecule is CC(=O)Nc1nc(C)c(-c2ccc(C(=O)N3CCCC(c4ccc(F)cc4)C3)o2)s1. The van der Waals surface area contributed by atoms with Crippen LogP contribution in [0, 0.1) is 12.7 Å². The number of halogens is 1. The molecule has 1 aliphatic rings. The van der Waals surface area contributed by atoms with Crippen LogP contribution in [-0.2, 0) is 4.79 Å². The van der Waals surface area contributed by atoms with Gasteiger partial charge in [-0.15, -0.1) is 0 Å². The Balaban J connectivity index is 1.49. The van der Waals surface area contributed by atoms with Gasteiger partial charge in [0, 0.05) is 25.9 Å². The third-order valence-corrected chi connectivity index (χ3v) is 6.26. The number of rotatable bonds is 4. The van der Waals surface area contributed by atoms with E-state index in [1.807, 2.05) is 6.92 Å². The van der Waals surface area contributed by atoms with E-state index in [0.717, 1.165) is 29.0 Å². The lowest BCUT2D eigenvalue weighted by Crippen LogP contribution is -2.38. The molecule has 1 aliphatic heterocycles. The molecule has 0 radical (unpaired) electrons. The molecule has 3 heterocycles. The summed E-state index contributed by atoms with van der Waals surface area (Å²) >= 11 is 1.31. The number of thiazole rings is 1. The first-order chi connectivity index (χ1) is 14.4. The Morgan fingerprint density at radius 3 is 2.73 bits per heavy atom. The van der Waals surface area contributed by atoms with Crippen molar-refractivity contribution in [3.63, 3.8) is 0 Å². The lowest BCUT2D eigenvalue weighted by atomic mass is 9.90. The van der Waals surface area contributed by atoms with Crippen molar-refractivity contribution in [2.75, 3.05) is 18.4 Å². The normalized spacial score (nSPS) is 16.5. The first kappa shape index (κ1) is 20.3. The minimum Gasteiger partial charge on any atom is -0.450 e. The van der Waals surface area contributed by atoms with Gasteiger partial charge in [0.1, 0.15) is 11.6 Å². The number of nitrogens with one attached hydrogen (secondary N) is 1. The van der Waals surface area contributed by atoms with Crippen molar-refractivity contribution < 1.29 is 18.4 Å². The second kappa shape index (κ2) is 8.39. The molecule has 2 aromatic heterocycles. The minimum absolute atomic E-state index is 0.155. The third kappa shape index (κ3) is 4.28. The van der Waals surface area contributed by atoms with Crippen molar-refractivity contribution in [1.82, 2.24) is 9.88 Å². The molecule has 8 heteroatoms. The van der Waals surface area contributed by atoms with Crippen LogP contribution in [0.5, 0.6) is 0 Å². The number of piperidine rings is 1. The number of carbonyl (C=O) groups is 2. The quantitative estimate of drug-likeness (QED) is 0.647. The van der Waals surface area contributed by atoms with Gasteiger partial charge in [-0.25, -0.2) is 9.37 Å². The second-order valence-corrected chi connectivity index (χ2v) is 8.42. The molecule has 1 fully saturated rings. The maximum atomic E-state index is 13.2. The van der Waals surface area contributed by atoms with E-state index in [2.05, 4.69) is 10.3 Å². The van der Waals surface area contributed by atoms with Crippen molar-refractivity contribution in [1.29, 1.82) is 0 Å². The monoisotopic (exact) mass is 427 g/mol. The number of nitrogens with zero attached hydrogens (tertiary/aromatic N) is 2. The highest BCUT2D eigenvalue weighted by molar-refractivity contribution is 7.19. The minimum atomic E-state index is -0.259. The van der Waals surface area contributed by atoms with E-state index in [-0.39, 0.29) is 29.3 Å². The number of furan rings is 1. The molecular weight excluding hydrogens is 405 g/mol. The first-order valence-corrected chi connectivity index (χ1v) is 10.6. The van der Waals surface area contributed by atoms with Gasteiger partial charge in [-0.05, 0) is 49.6 Å². The number of benzene rings is 1. The van der Waals surface area contributed by atoms with Crippen LogP contribution in [0.25, 0.3) is 10.6 Å². The van der Waals surface area contributed by atoms with E-state index >= 15 is 0 Å². The largest absolute Gasteiger partial charge is 0.450 e. The Bertz CT molecular complexity index is 1070. The van der Waals surface area contributed by atoms with Crippen LogP contribution in [0.1, 0.15) is 47.5 Å². The molecule has 1 atom stereocenters. The van der Waals surface area contributed by atoms with Crippen molar-refractivity contribution in [2.45, 2.75) is 32.6 Å². The van der Waals surface area contributed by atoms with Crippen LogP contribution in [0.2, 0.25) is 0 Å². The summed E-state index contributed by atoms with van der Waals surface area (Å²) < 4.78 is 19.1. The fraction of sp³-hybridized carbons (Fsp3) is 0.318. The zero-order valence-corrected chi connectivity index (χ0v) is 17.6. The average Bonchev–Trinajstić information content (AvgIpc) is 3.34. The number of hydrogen-bond donors (Lipinski definition) is 1. The molecule has 1 N–H and O–H groups in total. The number of carbonyl (C=O) groups excluding carboxylic acids is 2. The van der Waals surface area contributed by atoms with Gasteiger partial charge in [-0.1, -0.05) is 23.5 Å². The van der Waals surface area contributed by atoms with Crippen molar-refractivity contribution in [3.8, 4) is 10.6 Å². The Morgan fingerprint density at radius 2 is 2.00 bits per heavy atom. The van der Waals surface area contributed by atoms with Gasteiger partial charge in [-0.3, -0.25) is 9.59 Å². The maximum absolute atomic E-state index is 13.2. The van der Waals surface area contributed by atoms with Gasteiger partial charge in [0.2, 0.25) is 5.91 Å². The molecule has 0 spiro atoms. The molecule has 1 unspecified atom stereocenters. The molecule has 3 aromatic rings. The molecule has 0 bridgehead atoms. The van der Waals surface area contributed by atoms with Crippen LogP contribution in [-0.4, -0.2) is 34.8 Å². The lowest BCUT2D eigenvalue weighted by Gasteiger charge is -2.32. The third-order valence-electron chi connectivity index (χ3n) is 5.17.